The third-order valence-electron chi connectivity index (χ3n) is 3.33. The quantitative estimate of drug-likeness (QED) is 0.509. The van der Waals surface area contributed by atoms with Crippen LogP contribution in [0.5, 0.6) is 0 Å². The summed E-state index contributed by atoms with van der Waals surface area (Å²) >= 11 is 0. The summed E-state index contributed by atoms with van der Waals surface area (Å²) < 4.78 is 0. The van der Waals surface area contributed by atoms with Crippen molar-refractivity contribution in [3.05, 3.63) is 0 Å². The Hall–Kier alpha value is -0.0400. The summed E-state index contributed by atoms with van der Waals surface area (Å²) in [5.74, 6) is 0.940. The highest BCUT2D eigenvalue weighted by Gasteiger charge is 2.46. The zero-order valence-electron chi connectivity index (χ0n) is 6.82. The fourth-order valence-corrected chi connectivity index (χ4v) is 2.23. The molecule has 2 aliphatic rings. The Balaban J connectivity index is 2.02. The number of rotatable bonds is 0. The number of nitrogens with one attached hydrogen (secondary N) is 1. The molecule has 0 radical (unpaired) electrons. The van der Waals surface area contributed by atoms with E-state index in [-0.39, 0.29) is 0 Å². The van der Waals surface area contributed by atoms with Crippen LogP contribution in [0.15, 0.2) is 0 Å². The highest BCUT2D eigenvalue weighted by molar-refractivity contribution is 5.07. The zero-order valence-corrected chi connectivity index (χ0v) is 6.82. The molecule has 2 rings (SSSR count). The molecule has 0 aromatic heterocycles. The Kier molecular flexibility index (Phi) is 1.48. The molecule has 1 saturated carbocycles. The van der Waals surface area contributed by atoms with Gasteiger partial charge in [-0.2, -0.15) is 0 Å². The van der Waals surface area contributed by atoms with Crippen LogP contribution in [0.4, 0.5) is 0 Å². The normalized spacial score (nSPS) is 47.1. The molecule has 2 atom stereocenters. The molecule has 58 valence electrons. The van der Waals surface area contributed by atoms with Gasteiger partial charge in [0.1, 0.15) is 0 Å². The molecule has 0 aromatic carbocycles. The first-order valence-electron chi connectivity index (χ1n) is 4.58. The van der Waals surface area contributed by atoms with Crippen molar-refractivity contribution in [3.8, 4) is 0 Å². The molecular formula is C9H17N. The van der Waals surface area contributed by atoms with Crippen molar-refractivity contribution >= 4 is 0 Å². The molecule has 10 heavy (non-hydrogen) atoms. The minimum Gasteiger partial charge on any atom is -0.308 e. The molecule has 1 aliphatic heterocycles. The molecule has 1 nitrogen and oxygen atoms in total. The fourth-order valence-electron chi connectivity index (χ4n) is 2.23. The van der Waals surface area contributed by atoms with Gasteiger partial charge in [-0.05, 0) is 18.8 Å². The Bertz CT molecular complexity index is 127. The summed E-state index contributed by atoms with van der Waals surface area (Å²) in [5, 5.41) is 3.54. The third-order valence-corrected chi connectivity index (χ3v) is 3.33. The van der Waals surface area contributed by atoms with Crippen molar-refractivity contribution in [2.75, 3.05) is 6.54 Å². The van der Waals surface area contributed by atoms with Crippen LogP contribution in [0.25, 0.3) is 0 Å². The van der Waals surface area contributed by atoms with Gasteiger partial charge in [-0.25, -0.2) is 0 Å². The van der Waals surface area contributed by atoms with Crippen LogP contribution in [0.3, 0.4) is 0 Å². The second-order valence-electron chi connectivity index (χ2n) is 4.01. The molecule has 0 bridgehead atoms. The average molecular weight is 139 g/mol. The van der Waals surface area contributed by atoms with Gasteiger partial charge < -0.3 is 5.32 Å². The van der Waals surface area contributed by atoms with Crippen LogP contribution in [-0.2, 0) is 0 Å². The Labute approximate surface area is 63.2 Å². The van der Waals surface area contributed by atoms with Gasteiger partial charge in [0.25, 0.3) is 0 Å². The summed E-state index contributed by atoms with van der Waals surface area (Å²) in [6.45, 7) is 3.71. The maximum Gasteiger partial charge on any atom is 0.0332 e. The molecule has 1 aliphatic carbocycles. The van der Waals surface area contributed by atoms with E-state index in [1.54, 1.807) is 0 Å². The van der Waals surface area contributed by atoms with E-state index in [4.69, 9.17) is 0 Å². The lowest BCUT2D eigenvalue weighted by Gasteiger charge is -2.17. The van der Waals surface area contributed by atoms with E-state index in [0.717, 1.165) is 5.92 Å². The average Bonchev–Trinajstić information content (AvgIpc) is 2.69. The summed E-state index contributed by atoms with van der Waals surface area (Å²) in [4.78, 5) is 0. The molecule has 1 saturated heterocycles. The molecule has 0 aromatic rings. The lowest BCUT2D eigenvalue weighted by atomic mass is 9.89. The van der Waals surface area contributed by atoms with Gasteiger partial charge in [0.05, 0.1) is 0 Å². The molecule has 1 N–H and O–H groups in total. The number of hydrogen-bond donors (Lipinski definition) is 1. The van der Waals surface area contributed by atoms with Crippen LogP contribution in [-0.4, -0.2) is 12.1 Å². The largest absolute Gasteiger partial charge is 0.308 e. The molecule has 1 heterocycles. The van der Waals surface area contributed by atoms with Gasteiger partial charge in [0.2, 0.25) is 0 Å². The monoisotopic (exact) mass is 139 g/mol. The molecule has 0 unspecified atom stereocenters. The van der Waals surface area contributed by atoms with Gasteiger partial charge in [0.15, 0.2) is 0 Å². The first-order chi connectivity index (χ1) is 4.83. The highest BCUT2D eigenvalue weighted by Crippen LogP contribution is 2.38. The van der Waals surface area contributed by atoms with E-state index in [9.17, 15) is 0 Å². The lowest BCUT2D eigenvalue weighted by Crippen LogP contribution is -2.23. The Morgan fingerprint density at radius 1 is 1.30 bits per heavy atom. The molecular weight excluding hydrogens is 122 g/mol. The number of hydrogen-bond acceptors (Lipinski definition) is 1. The van der Waals surface area contributed by atoms with Gasteiger partial charge in [-0.1, -0.05) is 26.2 Å². The van der Waals surface area contributed by atoms with Crippen molar-refractivity contribution in [1.29, 1.82) is 0 Å². The van der Waals surface area contributed by atoms with E-state index in [1.807, 2.05) is 0 Å². The lowest BCUT2D eigenvalue weighted by molar-refractivity contribution is 0.397. The van der Waals surface area contributed by atoms with Crippen molar-refractivity contribution in [3.63, 3.8) is 0 Å². The molecule has 1 spiro atoms. The van der Waals surface area contributed by atoms with Gasteiger partial charge >= 0.3 is 0 Å². The minimum absolute atomic E-state index is 0.622. The first-order valence-corrected chi connectivity index (χ1v) is 4.58. The van der Waals surface area contributed by atoms with Gasteiger partial charge in [-0.15, -0.1) is 0 Å². The van der Waals surface area contributed by atoms with E-state index < -0.39 is 0 Å². The van der Waals surface area contributed by atoms with E-state index in [2.05, 4.69) is 12.2 Å². The van der Waals surface area contributed by atoms with Crippen molar-refractivity contribution in [2.24, 2.45) is 5.92 Å². The van der Waals surface area contributed by atoms with Crippen LogP contribution in [0.1, 0.15) is 39.0 Å². The van der Waals surface area contributed by atoms with Gasteiger partial charge in [-0.3, -0.25) is 0 Å². The summed E-state index contributed by atoms with van der Waals surface area (Å²) in [7, 11) is 0. The van der Waals surface area contributed by atoms with Crippen LogP contribution < -0.4 is 5.32 Å². The van der Waals surface area contributed by atoms with E-state index in [1.165, 1.54) is 38.6 Å². The minimum atomic E-state index is 0.622. The van der Waals surface area contributed by atoms with Crippen molar-refractivity contribution in [1.82, 2.24) is 5.32 Å². The second-order valence-corrected chi connectivity index (χ2v) is 4.01. The summed E-state index contributed by atoms with van der Waals surface area (Å²) in [6, 6.07) is 0. The third kappa shape index (κ3) is 0.968. The van der Waals surface area contributed by atoms with E-state index in [0.29, 0.717) is 5.54 Å². The first kappa shape index (κ1) is 6.66. The predicted octanol–water partition coefficient (Wildman–Crippen LogP) is 1.93. The maximum atomic E-state index is 3.54. The SMILES string of the molecule is C[C@@H]1CCCCC[C@@]12CN2. The van der Waals surface area contributed by atoms with Crippen molar-refractivity contribution < 1.29 is 0 Å². The highest BCUT2D eigenvalue weighted by atomic mass is 15.2. The smallest absolute Gasteiger partial charge is 0.0332 e. The van der Waals surface area contributed by atoms with Crippen LogP contribution in [0.2, 0.25) is 0 Å². The molecule has 2 fully saturated rings. The van der Waals surface area contributed by atoms with Crippen LogP contribution in [0, 0.1) is 5.92 Å². The Morgan fingerprint density at radius 3 is 2.80 bits per heavy atom. The van der Waals surface area contributed by atoms with E-state index >= 15 is 0 Å². The standard InChI is InChI=1S/C9H17N/c1-8-5-3-2-4-6-9(8)7-10-9/h8,10H,2-7H2,1H3/t8-,9-/m1/s1. The fraction of sp³-hybridized carbons (Fsp3) is 1.00. The second kappa shape index (κ2) is 2.23. The summed E-state index contributed by atoms with van der Waals surface area (Å²) in [5.41, 5.74) is 0.622. The van der Waals surface area contributed by atoms with Gasteiger partial charge in [0, 0.05) is 12.1 Å². The summed E-state index contributed by atoms with van der Waals surface area (Å²) in [6.07, 6.45) is 7.27. The topological polar surface area (TPSA) is 21.9 Å². The predicted molar refractivity (Wildman–Crippen MR) is 43.0 cm³/mol. The molecule has 0 amide bonds. The molecule has 1 heteroatoms. The van der Waals surface area contributed by atoms with Crippen LogP contribution >= 0.6 is 0 Å². The Morgan fingerprint density at radius 2 is 2.10 bits per heavy atom. The maximum absolute atomic E-state index is 3.54. The van der Waals surface area contributed by atoms with Crippen molar-refractivity contribution in [2.45, 2.75) is 44.6 Å². The zero-order chi connectivity index (χ0) is 7.03.